The Morgan fingerprint density at radius 1 is 1.25 bits per heavy atom. The van der Waals surface area contributed by atoms with Crippen LogP contribution >= 0.6 is 11.6 Å². The summed E-state index contributed by atoms with van der Waals surface area (Å²) in [4.78, 5) is 22.5. The molecule has 2 aromatic carbocycles. The third-order valence-corrected chi connectivity index (χ3v) is 3.08. The number of rotatable bonds is 6. The zero-order valence-corrected chi connectivity index (χ0v) is 13.2. The minimum Gasteiger partial charge on any atom is -0.507 e. The van der Waals surface area contributed by atoms with Gasteiger partial charge in [-0.05, 0) is 48.0 Å². The van der Waals surface area contributed by atoms with E-state index in [0.29, 0.717) is 16.3 Å². The standard InChI is InChI=1S/C16H14ClN3O4/c17-11-3-6-14(21)13(7-11)16(23)20-19-8-10-1-4-12(5-2-10)24-9-15(18)22/h1-8,21H,9H2,(H2,18,22)(H,20,23)/b19-8+. The van der Waals surface area contributed by atoms with Crippen molar-refractivity contribution < 1.29 is 19.4 Å². The van der Waals surface area contributed by atoms with Gasteiger partial charge in [0, 0.05) is 5.02 Å². The van der Waals surface area contributed by atoms with Crippen molar-refractivity contribution in [3.8, 4) is 11.5 Å². The average molecular weight is 348 g/mol. The number of nitrogens with zero attached hydrogens (tertiary/aromatic N) is 1. The van der Waals surface area contributed by atoms with E-state index in [-0.39, 0.29) is 17.9 Å². The second-order valence-corrected chi connectivity index (χ2v) is 5.12. The second-order valence-electron chi connectivity index (χ2n) is 4.68. The molecule has 7 nitrogen and oxygen atoms in total. The number of ether oxygens (including phenoxy) is 1. The zero-order chi connectivity index (χ0) is 17.5. The first-order valence-corrected chi connectivity index (χ1v) is 7.16. The van der Waals surface area contributed by atoms with Gasteiger partial charge in [-0.15, -0.1) is 0 Å². The molecule has 2 amide bonds. The van der Waals surface area contributed by atoms with Gasteiger partial charge in [0.05, 0.1) is 11.8 Å². The Bertz CT molecular complexity index is 775. The maximum Gasteiger partial charge on any atom is 0.275 e. The first kappa shape index (κ1) is 17.3. The molecule has 0 aliphatic heterocycles. The lowest BCUT2D eigenvalue weighted by Crippen LogP contribution is -2.20. The highest BCUT2D eigenvalue weighted by Gasteiger charge is 2.10. The fourth-order valence-electron chi connectivity index (χ4n) is 1.72. The van der Waals surface area contributed by atoms with Gasteiger partial charge < -0.3 is 15.6 Å². The quantitative estimate of drug-likeness (QED) is 0.544. The molecule has 2 aromatic rings. The fourth-order valence-corrected chi connectivity index (χ4v) is 1.89. The van der Waals surface area contributed by atoms with E-state index < -0.39 is 11.8 Å². The number of phenolic OH excluding ortho intramolecular Hbond substituents is 1. The van der Waals surface area contributed by atoms with Crippen LogP contribution in [0.2, 0.25) is 5.02 Å². The maximum absolute atomic E-state index is 11.9. The number of primary amides is 1. The molecule has 4 N–H and O–H groups in total. The molecule has 0 radical (unpaired) electrons. The Labute approximate surface area is 142 Å². The monoisotopic (exact) mass is 347 g/mol. The highest BCUT2D eigenvalue weighted by molar-refractivity contribution is 6.31. The Morgan fingerprint density at radius 3 is 2.62 bits per heavy atom. The molecule has 0 fully saturated rings. The lowest BCUT2D eigenvalue weighted by molar-refractivity contribution is -0.119. The average Bonchev–Trinajstić information content (AvgIpc) is 2.56. The molecule has 0 unspecified atom stereocenters. The SMILES string of the molecule is NC(=O)COc1ccc(/C=N/NC(=O)c2cc(Cl)ccc2O)cc1. The molecule has 2 rings (SSSR count). The topological polar surface area (TPSA) is 114 Å². The minimum atomic E-state index is -0.590. The summed E-state index contributed by atoms with van der Waals surface area (Å²) in [5.74, 6) is -0.859. The number of nitrogens with two attached hydrogens (primary N) is 1. The van der Waals surface area contributed by atoms with Crippen LogP contribution in [0, 0.1) is 0 Å². The molecule has 24 heavy (non-hydrogen) atoms. The summed E-state index contributed by atoms with van der Waals surface area (Å²) in [5.41, 5.74) is 7.99. The molecular weight excluding hydrogens is 334 g/mol. The van der Waals surface area contributed by atoms with Crippen molar-refractivity contribution in [2.75, 3.05) is 6.61 Å². The minimum absolute atomic E-state index is 0.0230. The zero-order valence-electron chi connectivity index (χ0n) is 12.4. The van der Waals surface area contributed by atoms with Crippen molar-refractivity contribution in [3.05, 3.63) is 58.6 Å². The van der Waals surface area contributed by atoms with Crippen molar-refractivity contribution in [2.24, 2.45) is 10.8 Å². The van der Waals surface area contributed by atoms with Crippen LogP contribution < -0.4 is 15.9 Å². The van der Waals surface area contributed by atoms with Crippen LogP contribution in [0.1, 0.15) is 15.9 Å². The van der Waals surface area contributed by atoms with Gasteiger partial charge in [-0.2, -0.15) is 5.10 Å². The first-order chi connectivity index (χ1) is 11.5. The lowest BCUT2D eigenvalue weighted by Gasteiger charge is -2.04. The summed E-state index contributed by atoms with van der Waals surface area (Å²) in [5, 5.41) is 13.7. The molecule has 0 aliphatic rings. The molecule has 0 bridgehead atoms. The van der Waals surface area contributed by atoms with Gasteiger partial charge in [0.15, 0.2) is 6.61 Å². The van der Waals surface area contributed by atoms with Gasteiger partial charge in [0.1, 0.15) is 11.5 Å². The first-order valence-electron chi connectivity index (χ1n) is 6.79. The van der Waals surface area contributed by atoms with Crippen molar-refractivity contribution in [1.29, 1.82) is 0 Å². The van der Waals surface area contributed by atoms with Crippen LogP contribution in [0.5, 0.6) is 11.5 Å². The Balaban J connectivity index is 1.95. The number of hydrazone groups is 1. The molecule has 0 saturated heterocycles. The van der Waals surface area contributed by atoms with Crippen LogP contribution in [0.3, 0.4) is 0 Å². The number of benzene rings is 2. The number of amides is 2. The molecule has 0 heterocycles. The number of hydrogen-bond donors (Lipinski definition) is 3. The highest BCUT2D eigenvalue weighted by atomic mass is 35.5. The van der Waals surface area contributed by atoms with Gasteiger partial charge in [-0.25, -0.2) is 5.43 Å². The highest BCUT2D eigenvalue weighted by Crippen LogP contribution is 2.21. The van der Waals surface area contributed by atoms with E-state index >= 15 is 0 Å². The van der Waals surface area contributed by atoms with E-state index in [1.165, 1.54) is 24.4 Å². The predicted octanol–water partition coefficient (Wildman–Crippen LogP) is 1.67. The van der Waals surface area contributed by atoms with E-state index in [1.54, 1.807) is 24.3 Å². The fraction of sp³-hybridized carbons (Fsp3) is 0.0625. The van der Waals surface area contributed by atoms with Crippen LogP contribution in [0.25, 0.3) is 0 Å². The summed E-state index contributed by atoms with van der Waals surface area (Å²) in [7, 11) is 0. The normalized spacial score (nSPS) is 10.5. The molecule has 0 atom stereocenters. The van der Waals surface area contributed by atoms with Gasteiger partial charge >= 0.3 is 0 Å². The van der Waals surface area contributed by atoms with Gasteiger partial charge in [-0.3, -0.25) is 9.59 Å². The van der Waals surface area contributed by atoms with Crippen molar-refractivity contribution in [1.82, 2.24) is 5.43 Å². The smallest absolute Gasteiger partial charge is 0.275 e. The number of carbonyl (C=O) groups excluding carboxylic acids is 2. The Kier molecular flexibility index (Phi) is 5.75. The summed E-state index contributed by atoms with van der Waals surface area (Å²) >= 11 is 5.78. The summed E-state index contributed by atoms with van der Waals surface area (Å²) in [6.07, 6.45) is 1.41. The van der Waals surface area contributed by atoms with E-state index in [4.69, 9.17) is 22.1 Å². The van der Waals surface area contributed by atoms with E-state index in [0.717, 1.165) is 0 Å². The van der Waals surface area contributed by atoms with Crippen LogP contribution in [-0.2, 0) is 4.79 Å². The van der Waals surface area contributed by atoms with E-state index in [1.807, 2.05) is 0 Å². The maximum atomic E-state index is 11.9. The number of carbonyl (C=O) groups is 2. The number of aromatic hydroxyl groups is 1. The molecule has 0 spiro atoms. The molecular formula is C16H14ClN3O4. The third-order valence-electron chi connectivity index (χ3n) is 2.84. The van der Waals surface area contributed by atoms with Crippen molar-refractivity contribution in [2.45, 2.75) is 0 Å². The van der Waals surface area contributed by atoms with Gasteiger partial charge in [-0.1, -0.05) is 11.6 Å². The van der Waals surface area contributed by atoms with Gasteiger partial charge in [0.25, 0.3) is 11.8 Å². The molecule has 0 aliphatic carbocycles. The van der Waals surface area contributed by atoms with Crippen LogP contribution in [0.4, 0.5) is 0 Å². The largest absolute Gasteiger partial charge is 0.507 e. The van der Waals surface area contributed by atoms with Crippen molar-refractivity contribution >= 4 is 29.6 Å². The summed E-state index contributed by atoms with van der Waals surface area (Å²) in [6, 6.07) is 10.8. The summed E-state index contributed by atoms with van der Waals surface area (Å²) < 4.78 is 5.12. The van der Waals surface area contributed by atoms with E-state index in [9.17, 15) is 14.7 Å². The predicted molar refractivity (Wildman–Crippen MR) is 89.3 cm³/mol. The number of hydrogen-bond acceptors (Lipinski definition) is 5. The van der Waals surface area contributed by atoms with Crippen LogP contribution in [-0.4, -0.2) is 29.7 Å². The third kappa shape index (κ3) is 4.99. The second kappa shape index (κ2) is 7.98. The van der Waals surface area contributed by atoms with Crippen LogP contribution in [0.15, 0.2) is 47.6 Å². The number of phenols is 1. The number of halogens is 1. The molecule has 0 aromatic heterocycles. The summed E-state index contributed by atoms with van der Waals surface area (Å²) in [6.45, 7) is -0.202. The Hall–Kier alpha value is -3.06. The van der Waals surface area contributed by atoms with Crippen molar-refractivity contribution in [3.63, 3.8) is 0 Å². The lowest BCUT2D eigenvalue weighted by atomic mass is 10.2. The number of nitrogens with one attached hydrogen (secondary N) is 1. The molecule has 124 valence electrons. The molecule has 0 saturated carbocycles. The Morgan fingerprint density at radius 2 is 1.96 bits per heavy atom. The van der Waals surface area contributed by atoms with Gasteiger partial charge in [0.2, 0.25) is 0 Å². The molecule has 8 heteroatoms. The van der Waals surface area contributed by atoms with E-state index in [2.05, 4.69) is 10.5 Å².